The molecule has 2 aromatic rings. The molecule has 5 nitrogen and oxygen atoms in total. The summed E-state index contributed by atoms with van der Waals surface area (Å²) in [6.07, 6.45) is 1.18. The minimum Gasteiger partial charge on any atom is -0.484 e. The quantitative estimate of drug-likeness (QED) is 0.775. The first-order valence-electron chi connectivity index (χ1n) is 8.25. The van der Waals surface area contributed by atoms with Gasteiger partial charge in [-0.25, -0.2) is 4.39 Å². The first-order valence-corrected chi connectivity index (χ1v) is 8.63. The number of nitrogens with zero attached hydrogens (tertiary/aromatic N) is 2. The lowest BCUT2D eigenvalue weighted by Crippen LogP contribution is -2.44. The lowest BCUT2D eigenvalue weighted by Gasteiger charge is -2.28. The van der Waals surface area contributed by atoms with Crippen molar-refractivity contribution in [2.24, 2.45) is 0 Å². The number of amides is 2. The Morgan fingerprint density at radius 3 is 2.58 bits per heavy atom. The average Bonchev–Trinajstić information content (AvgIpc) is 3.04. The number of halogens is 2. The molecule has 1 saturated heterocycles. The highest BCUT2D eigenvalue weighted by molar-refractivity contribution is 6.30. The molecule has 0 N–H and O–H groups in total. The van der Waals surface area contributed by atoms with Crippen LogP contribution in [0.15, 0.2) is 48.5 Å². The molecule has 0 unspecified atom stereocenters. The third-order valence-electron chi connectivity index (χ3n) is 4.10. The van der Waals surface area contributed by atoms with Crippen LogP contribution in [-0.4, -0.2) is 36.5 Å². The van der Waals surface area contributed by atoms with Crippen LogP contribution in [0.1, 0.15) is 12.8 Å². The van der Waals surface area contributed by atoms with Gasteiger partial charge in [-0.3, -0.25) is 14.5 Å². The van der Waals surface area contributed by atoms with Crippen LogP contribution >= 0.6 is 11.6 Å². The molecule has 3 rings (SSSR count). The zero-order valence-corrected chi connectivity index (χ0v) is 14.8. The van der Waals surface area contributed by atoms with Crippen LogP contribution in [0.3, 0.4) is 0 Å². The molecule has 0 radical (unpaired) electrons. The topological polar surface area (TPSA) is 49.9 Å². The highest BCUT2D eigenvalue weighted by Crippen LogP contribution is 2.22. The summed E-state index contributed by atoms with van der Waals surface area (Å²) in [4.78, 5) is 27.4. The van der Waals surface area contributed by atoms with E-state index >= 15 is 0 Å². The second-order valence-corrected chi connectivity index (χ2v) is 6.35. The van der Waals surface area contributed by atoms with Gasteiger partial charge in [0.15, 0.2) is 6.61 Å². The van der Waals surface area contributed by atoms with Crippen molar-refractivity contribution in [3.63, 3.8) is 0 Å². The Kier molecular flexibility index (Phi) is 5.73. The van der Waals surface area contributed by atoms with E-state index in [4.69, 9.17) is 16.3 Å². The lowest BCUT2D eigenvalue weighted by molar-refractivity contribution is -0.128. The zero-order valence-electron chi connectivity index (χ0n) is 14.0. The van der Waals surface area contributed by atoms with Crippen LogP contribution in [0, 0.1) is 5.82 Å². The van der Waals surface area contributed by atoms with Crippen molar-refractivity contribution >= 4 is 29.1 Å². The second-order valence-electron chi connectivity index (χ2n) is 5.92. The molecule has 0 aromatic heterocycles. The molecule has 7 heteroatoms. The van der Waals surface area contributed by atoms with Gasteiger partial charge < -0.3 is 9.64 Å². The van der Waals surface area contributed by atoms with Crippen molar-refractivity contribution in [3.05, 3.63) is 59.4 Å². The summed E-state index contributed by atoms with van der Waals surface area (Å²) in [5.41, 5.74) is 0.122. The third-order valence-corrected chi connectivity index (χ3v) is 4.36. The largest absolute Gasteiger partial charge is 0.484 e. The number of carbonyl (C=O) groups is 2. The van der Waals surface area contributed by atoms with E-state index in [1.54, 1.807) is 41.3 Å². The highest BCUT2D eigenvalue weighted by Gasteiger charge is 2.27. The zero-order chi connectivity index (χ0) is 18.5. The number of rotatable bonds is 6. The van der Waals surface area contributed by atoms with Crippen molar-refractivity contribution in [2.45, 2.75) is 12.8 Å². The van der Waals surface area contributed by atoms with Gasteiger partial charge in [0.05, 0.1) is 5.69 Å². The molecule has 1 heterocycles. The Balaban J connectivity index is 1.75. The fourth-order valence-electron chi connectivity index (χ4n) is 2.74. The van der Waals surface area contributed by atoms with E-state index in [-0.39, 0.29) is 24.9 Å². The van der Waals surface area contributed by atoms with E-state index in [0.717, 1.165) is 6.42 Å². The summed E-state index contributed by atoms with van der Waals surface area (Å²) in [5, 5.41) is 0.559. The van der Waals surface area contributed by atoms with Crippen LogP contribution in [0.5, 0.6) is 5.75 Å². The summed E-state index contributed by atoms with van der Waals surface area (Å²) in [7, 11) is 0. The standard InChI is InChI=1S/C19H18ClFN2O3/c20-14-7-9-15(10-8-14)26-12-19(25)23(13-22-11-3-6-18(22)24)17-5-2-1-4-16(17)21/h1-2,4-5,7-10H,3,6,11-13H2. The fourth-order valence-corrected chi connectivity index (χ4v) is 2.86. The van der Waals surface area contributed by atoms with Gasteiger partial charge >= 0.3 is 0 Å². The number of anilines is 1. The molecule has 1 aliphatic rings. The van der Waals surface area contributed by atoms with Gasteiger partial charge in [0.25, 0.3) is 5.91 Å². The maximum absolute atomic E-state index is 14.2. The summed E-state index contributed by atoms with van der Waals surface area (Å²) in [6.45, 7) is 0.273. The van der Waals surface area contributed by atoms with Gasteiger partial charge in [-0.15, -0.1) is 0 Å². The molecule has 1 aliphatic heterocycles. The molecule has 0 saturated carbocycles. The molecular formula is C19H18ClFN2O3. The molecule has 1 fully saturated rings. The van der Waals surface area contributed by atoms with Crippen LogP contribution in [-0.2, 0) is 9.59 Å². The van der Waals surface area contributed by atoms with Crippen LogP contribution in [0.4, 0.5) is 10.1 Å². The Hall–Kier alpha value is -2.60. The minimum absolute atomic E-state index is 0.00256. The monoisotopic (exact) mass is 376 g/mol. The van der Waals surface area contributed by atoms with Gasteiger partial charge in [-0.2, -0.15) is 0 Å². The van der Waals surface area contributed by atoms with Crippen molar-refractivity contribution < 1.29 is 18.7 Å². The number of ether oxygens (including phenoxy) is 1. The van der Waals surface area contributed by atoms with E-state index in [1.165, 1.54) is 17.0 Å². The Labute approximate surface area is 155 Å². The number of para-hydroxylation sites is 1. The molecule has 136 valence electrons. The van der Waals surface area contributed by atoms with Crippen molar-refractivity contribution in [1.82, 2.24) is 4.90 Å². The van der Waals surface area contributed by atoms with Gasteiger partial charge in [0, 0.05) is 18.0 Å². The number of benzene rings is 2. The molecule has 0 aliphatic carbocycles. The number of carbonyl (C=O) groups excluding carboxylic acids is 2. The summed E-state index contributed by atoms with van der Waals surface area (Å²) < 4.78 is 19.7. The van der Waals surface area contributed by atoms with Gasteiger partial charge in [-0.1, -0.05) is 23.7 Å². The van der Waals surface area contributed by atoms with Gasteiger partial charge in [0.2, 0.25) is 5.91 Å². The fraction of sp³-hybridized carbons (Fsp3) is 0.263. The van der Waals surface area contributed by atoms with E-state index in [0.29, 0.717) is 23.7 Å². The first kappa shape index (κ1) is 18.2. The second kappa shape index (κ2) is 8.19. The Bertz CT molecular complexity index is 798. The van der Waals surface area contributed by atoms with Crippen LogP contribution in [0.2, 0.25) is 5.02 Å². The smallest absolute Gasteiger partial charge is 0.266 e. The number of hydrogen-bond donors (Lipinski definition) is 0. The normalized spacial score (nSPS) is 13.8. The first-order chi connectivity index (χ1) is 12.5. The summed E-state index contributed by atoms with van der Waals surface area (Å²) >= 11 is 5.82. The van der Waals surface area contributed by atoms with Crippen molar-refractivity contribution in [3.8, 4) is 5.75 Å². The van der Waals surface area contributed by atoms with E-state index in [2.05, 4.69) is 0 Å². The molecular weight excluding hydrogens is 359 g/mol. The SMILES string of the molecule is O=C1CCCN1CN(C(=O)COc1ccc(Cl)cc1)c1ccccc1F. The number of hydrogen-bond acceptors (Lipinski definition) is 3. The predicted molar refractivity (Wildman–Crippen MR) is 96.6 cm³/mol. The highest BCUT2D eigenvalue weighted by atomic mass is 35.5. The molecule has 0 atom stereocenters. The predicted octanol–water partition coefficient (Wildman–Crippen LogP) is 3.47. The Morgan fingerprint density at radius 1 is 1.19 bits per heavy atom. The van der Waals surface area contributed by atoms with Gasteiger partial charge in [-0.05, 0) is 42.8 Å². The molecule has 0 spiro atoms. The van der Waals surface area contributed by atoms with E-state index in [9.17, 15) is 14.0 Å². The molecule has 26 heavy (non-hydrogen) atoms. The van der Waals surface area contributed by atoms with E-state index < -0.39 is 11.7 Å². The Morgan fingerprint density at radius 2 is 1.92 bits per heavy atom. The third kappa shape index (κ3) is 4.32. The average molecular weight is 377 g/mol. The molecule has 2 aromatic carbocycles. The van der Waals surface area contributed by atoms with Crippen molar-refractivity contribution in [1.29, 1.82) is 0 Å². The van der Waals surface area contributed by atoms with Crippen LogP contribution < -0.4 is 9.64 Å². The van der Waals surface area contributed by atoms with Crippen molar-refractivity contribution in [2.75, 3.05) is 24.7 Å². The van der Waals surface area contributed by atoms with E-state index in [1.807, 2.05) is 0 Å². The maximum atomic E-state index is 14.2. The summed E-state index contributed by atoms with van der Waals surface area (Å²) in [5.74, 6) is -0.532. The lowest BCUT2D eigenvalue weighted by atomic mass is 10.2. The van der Waals surface area contributed by atoms with Crippen LogP contribution in [0.25, 0.3) is 0 Å². The molecule has 0 bridgehead atoms. The summed E-state index contributed by atoms with van der Waals surface area (Å²) in [6, 6.07) is 12.6. The maximum Gasteiger partial charge on any atom is 0.266 e. The number of likely N-dealkylation sites (tertiary alicyclic amines) is 1. The molecule has 2 amide bonds. The van der Waals surface area contributed by atoms with Gasteiger partial charge in [0.1, 0.15) is 18.2 Å². The minimum atomic E-state index is -0.529.